The Morgan fingerprint density at radius 2 is 1.83 bits per heavy atom. The number of pyridine rings is 2. The average molecular weight is 300 g/mol. The zero-order chi connectivity index (χ0) is 12.5. The Kier molecular flexibility index (Phi) is 2.72. The second kappa shape index (κ2) is 4.38. The Morgan fingerprint density at radius 3 is 2.61 bits per heavy atom. The van der Waals surface area contributed by atoms with Gasteiger partial charge in [0, 0.05) is 17.1 Å². The minimum Gasteiger partial charge on any atom is -0.383 e. The van der Waals surface area contributed by atoms with Crippen molar-refractivity contribution in [2.45, 2.75) is 0 Å². The molecule has 0 atom stereocenters. The summed E-state index contributed by atoms with van der Waals surface area (Å²) in [6.07, 6.45) is 1.75. The maximum Gasteiger partial charge on any atom is 0.138 e. The number of nitrogen functional groups attached to an aromatic ring is 1. The van der Waals surface area contributed by atoms with Crippen LogP contribution in [0.2, 0.25) is 0 Å². The Morgan fingerprint density at radius 1 is 1.06 bits per heavy atom. The van der Waals surface area contributed by atoms with E-state index >= 15 is 0 Å². The number of fused-ring (bicyclic) bond motifs is 1. The maximum atomic E-state index is 5.80. The lowest BCUT2D eigenvalue weighted by Crippen LogP contribution is -1.94. The van der Waals surface area contributed by atoms with Gasteiger partial charge in [0.25, 0.3) is 0 Å². The summed E-state index contributed by atoms with van der Waals surface area (Å²) in [5.41, 5.74) is 8.64. The monoisotopic (exact) mass is 299 g/mol. The van der Waals surface area contributed by atoms with Crippen LogP contribution in [0.4, 0.5) is 5.82 Å². The first-order valence-electron chi connectivity index (χ1n) is 5.52. The lowest BCUT2D eigenvalue weighted by Gasteiger charge is -2.07. The number of hydrogen-bond acceptors (Lipinski definition) is 3. The van der Waals surface area contributed by atoms with Crippen LogP contribution < -0.4 is 5.73 Å². The third-order valence-electron chi connectivity index (χ3n) is 2.77. The highest BCUT2D eigenvalue weighted by atomic mass is 79.9. The molecule has 0 aliphatic heterocycles. The van der Waals surface area contributed by atoms with Gasteiger partial charge in [0.05, 0.1) is 15.7 Å². The molecule has 88 valence electrons. The first-order valence-corrected chi connectivity index (χ1v) is 6.31. The molecule has 18 heavy (non-hydrogen) atoms. The van der Waals surface area contributed by atoms with Gasteiger partial charge in [-0.1, -0.05) is 30.3 Å². The fraction of sp³-hybridized carbons (Fsp3) is 0. The van der Waals surface area contributed by atoms with Crippen LogP contribution in [0.25, 0.3) is 22.2 Å². The average Bonchev–Trinajstić information content (AvgIpc) is 2.40. The molecule has 0 unspecified atom stereocenters. The highest BCUT2D eigenvalue weighted by Gasteiger charge is 2.08. The summed E-state index contributed by atoms with van der Waals surface area (Å²) in [4.78, 5) is 8.80. The molecule has 4 heteroatoms. The lowest BCUT2D eigenvalue weighted by atomic mass is 10.1. The minimum absolute atomic E-state index is 0.493. The molecule has 3 aromatic rings. The number of aromatic nitrogens is 2. The quantitative estimate of drug-likeness (QED) is 0.746. The Bertz CT molecular complexity index is 711. The zero-order valence-electron chi connectivity index (χ0n) is 9.47. The summed E-state index contributed by atoms with van der Waals surface area (Å²) in [6, 6.07) is 13.9. The molecular formula is C14H10BrN3. The molecule has 2 heterocycles. The molecular weight excluding hydrogens is 290 g/mol. The second-order valence-electron chi connectivity index (χ2n) is 3.95. The molecule has 0 saturated carbocycles. The van der Waals surface area contributed by atoms with Crippen LogP contribution in [-0.4, -0.2) is 9.97 Å². The van der Waals surface area contributed by atoms with Crippen molar-refractivity contribution in [3.8, 4) is 11.3 Å². The third-order valence-corrected chi connectivity index (χ3v) is 3.41. The van der Waals surface area contributed by atoms with Crippen LogP contribution in [0.1, 0.15) is 0 Å². The van der Waals surface area contributed by atoms with E-state index in [2.05, 4.69) is 25.9 Å². The number of nitrogens with zero attached hydrogens (tertiary/aromatic N) is 2. The number of halogens is 1. The van der Waals surface area contributed by atoms with Crippen molar-refractivity contribution < 1.29 is 0 Å². The van der Waals surface area contributed by atoms with Gasteiger partial charge >= 0.3 is 0 Å². The standard InChI is InChI=1S/C14H10BrN3/c15-11-8-10-12(18-14(11)16)6-7-17-13(10)9-4-2-1-3-5-9/h1-8H,(H2,16,18). The first kappa shape index (κ1) is 11.2. The molecule has 3 rings (SSSR count). The van der Waals surface area contributed by atoms with Crippen molar-refractivity contribution in [1.29, 1.82) is 0 Å². The Balaban J connectivity index is 2.34. The van der Waals surface area contributed by atoms with E-state index in [1.807, 2.05) is 42.5 Å². The number of hydrogen-bond donors (Lipinski definition) is 1. The number of rotatable bonds is 1. The van der Waals surface area contributed by atoms with E-state index < -0.39 is 0 Å². The molecule has 0 bridgehead atoms. The van der Waals surface area contributed by atoms with Crippen molar-refractivity contribution in [3.05, 3.63) is 53.1 Å². The van der Waals surface area contributed by atoms with Crippen molar-refractivity contribution in [1.82, 2.24) is 9.97 Å². The molecule has 0 radical (unpaired) electrons. The van der Waals surface area contributed by atoms with Gasteiger partial charge in [0.15, 0.2) is 0 Å². The van der Waals surface area contributed by atoms with Crippen molar-refractivity contribution >= 4 is 32.7 Å². The van der Waals surface area contributed by atoms with Gasteiger partial charge in [-0.25, -0.2) is 4.98 Å². The van der Waals surface area contributed by atoms with Gasteiger partial charge in [-0.05, 0) is 28.1 Å². The topological polar surface area (TPSA) is 51.8 Å². The van der Waals surface area contributed by atoms with E-state index in [9.17, 15) is 0 Å². The van der Waals surface area contributed by atoms with E-state index in [0.29, 0.717) is 5.82 Å². The third kappa shape index (κ3) is 1.84. The smallest absolute Gasteiger partial charge is 0.138 e. The minimum atomic E-state index is 0.493. The van der Waals surface area contributed by atoms with Gasteiger partial charge in [0.2, 0.25) is 0 Å². The lowest BCUT2D eigenvalue weighted by molar-refractivity contribution is 1.32. The van der Waals surface area contributed by atoms with E-state index in [0.717, 1.165) is 26.6 Å². The largest absolute Gasteiger partial charge is 0.383 e. The van der Waals surface area contributed by atoms with Crippen molar-refractivity contribution in [2.24, 2.45) is 0 Å². The van der Waals surface area contributed by atoms with Crippen LogP contribution in [0.5, 0.6) is 0 Å². The number of benzene rings is 1. The van der Waals surface area contributed by atoms with Crippen molar-refractivity contribution in [3.63, 3.8) is 0 Å². The number of nitrogens with two attached hydrogens (primary N) is 1. The molecule has 0 spiro atoms. The summed E-state index contributed by atoms with van der Waals surface area (Å²) in [6.45, 7) is 0. The van der Waals surface area contributed by atoms with E-state index in [1.165, 1.54) is 0 Å². The van der Waals surface area contributed by atoms with Gasteiger partial charge in [-0.3, -0.25) is 4.98 Å². The molecule has 0 amide bonds. The first-order chi connectivity index (χ1) is 8.75. The van der Waals surface area contributed by atoms with Crippen LogP contribution in [0, 0.1) is 0 Å². The highest BCUT2D eigenvalue weighted by Crippen LogP contribution is 2.29. The zero-order valence-corrected chi connectivity index (χ0v) is 11.1. The van der Waals surface area contributed by atoms with Gasteiger partial charge < -0.3 is 5.73 Å². The normalized spacial score (nSPS) is 10.7. The van der Waals surface area contributed by atoms with Crippen LogP contribution in [0.3, 0.4) is 0 Å². The second-order valence-corrected chi connectivity index (χ2v) is 4.80. The fourth-order valence-electron chi connectivity index (χ4n) is 1.91. The summed E-state index contributed by atoms with van der Waals surface area (Å²) in [5.74, 6) is 0.493. The molecule has 0 saturated heterocycles. The maximum absolute atomic E-state index is 5.80. The SMILES string of the molecule is Nc1nc2ccnc(-c3ccccc3)c2cc1Br. The summed E-state index contributed by atoms with van der Waals surface area (Å²) in [5, 5.41) is 0.991. The van der Waals surface area contributed by atoms with Gasteiger partial charge in [-0.15, -0.1) is 0 Å². The van der Waals surface area contributed by atoms with E-state index in [-0.39, 0.29) is 0 Å². The molecule has 0 aliphatic rings. The van der Waals surface area contributed by atoms with Crippen LogP contribution >= 0.6 is 15.9 Å². The molecule has 0 fully saturated rings. The summed E-state index contributed by atoms with van der Waals surface area (Å²) < 4.78 is 0.792. The van der Waals surface area contributed by atoms with Crippen LogP contribution in [-0.2, 0) is 0 Å². The Hall–Kier alpha value is -1.94. The predicted octanol–water partition coefficient (Wildman–Crippen LogP) is 3.64. The molecule has 2 aromatic heterocycles. The number of anilines is 1. The van der Waals surface area contributed by atoms with Crippen molar-refractivity contribution in [2.75, 3.05) is 5.73 Å². The molecule has 1 aromatic carbocycles. The molecule has 0 aliphatic carbocycles. The summed E-state index contributed by atoms with van der Waals surface area (Å²) in [7, 11) is 0. The van der Waals surface area contributed by atoms with Crippen LogP contribution in [0.15, 0.2) is 53.1 Å². The van der Waals surface area contributed by atoms with Gasteiger partial charge in [-0.2, -0.15) is 0 Å². The van der Waals surface area contributed by atoms with E-state index in [4.69, 9.17) is 5.73 Å². The molecule has 2 N–H and O–H groups in total. The van der Waals surface area contributed by atoms with Gasteiger partial charge in [0.1, 0.15) is 5.82 Å². The predicted molar refractivity (Wildman–Crippen MR) is 77.1 cm³/mol. The highest BCUT2D eigenvalue weighted by molar-refractivity contribution is 9.10. The summed E-state index contributed by atoms with van der Waals surface area (Å²) >= 11 is 3.41. The molecule has 3 nitrogen and oxygen atoms in total. The van der Waals surface area contributed by atoms with E-state index in [1.54, 1.807) is 6.20 Å². The fourth-order valence-corrected chi connectivity index (χ4v) is 2.23. The Labute approximate surface area is 113 Å².